The third kappa shape index (κ3) is 1.87. The van der Waals surface area contributed by atoms with Gasteiger partial charge in [-0.25, -0.2) is 0 Å². The van der Waals surface area contributed by atoms with Gasteiger partial charge in [-0.3, -0.25) is 0 Å². The van der Waals surface area contributed by atoms with Crippen LogP contribution in [0.4, 0.5) is 0 Å². The molecule has 0 aromatic carbocycles. The highest BCUT2D eigenvalue weighted by atomic mass is 16.5. The van der Waals surface area contributed by atoms with Gasteiger partial charge >= 0.3 is 0 Å². The summed E-state index contributed by atoms with van der Waals surface area (Å²) in [6.07, 6.45) is 8.68. The van der Waals surface area contributed by atoms with Crippen molar-refractivity contribution in [1.82, 2.24) is 0 Å². The first kappa shape index (κ1) is 8.27. The van der Waals surface area contributed by atoms with Crippen molar-refractivity contribution in [3.8, 4) is 0 Å². The van der Waals surface area contributed by atoms with Gasteiger partial charge in [-0.05, 0) is 32.1 Å². The molecule has 0 aromatic heterocycles. The Kier molecular flexibility index (Phi) is 2.47. The Hall–Kier alpha value is -0.340. The van der Waals surface area contributed by atoms with E-state index in [-0.39, 0.29) is 0 Å². The Bertz CT molecular complexity index is 182. The molecule has 12 heavy (non-hydrogen) atoms. The SMILES string of the molecule is NC1C=C(CC2CCCO2)CC1. The van der Waals surface area contributed by atoms with Crippen molar-refractivity contribution >= 4 is 0 Å². The maximum absolute atomic E-state index is 5.78. The van der Waals surface area contributed by atoms with E-state index in [1.54, 1.807) is 0 Å². The second-order valence-corrected chi connectivity index (χ2v) is 3.87. The van der Waals surface area contributed by atoms with E-state index >= 15 is 0 Å². The van der Waals surface area contributed by atoms with Crippen molar-refractivity contribution in [2.75, 3.05) is 6.61 Å². The summed E-state index contributed by atoms with van der Waals surface area (Å²) in [6, 6.07) is 0.321. The monoisotopic (exact) mass is 167 g/mol. The maximum Gasteiger partial charge on any atom is 0.0613 e. The minimum atomic E-state index is 0.321. The van der Waals surface area contributed by atoms with Crippen LogP contribution in [0, 0.1) is 0 Å². The lowest BCUT2D eigenvalue weighted by molar-refractivity contribution is 0.111. The van der Waals surface area contributed by atoms with Crippen molar-refractivity contribution < 1.29 is 4.74 Å². The highest BCUT2D eigenvalue weighted by molar-refractivity contribution is 5.14. The lowest BCUT2D eigenvalue weighted by Gasteiger charge is -2.08. The van der Waals surface area contributed by atoms with E-state index in [1.165, 1.54) is 24.8 Å². The molecule has 0 saturated carbocycles. The molecule has 0 amide bonds. The van der Waals surface area contributed by atoms with Crippen LogP contribution >= 0.6 is 0 Å². The topological polar surface area (TPSA) is 35.2 Å². The zero-order valence-electron chi connectivity index (χ0n) is 7.46. The molecule has 0 aromatic rings. The summed E-state index contributed by atoms with van der Waals surface area (Å²) < 4.78 is 5.57. The largest absolute Gasteiger partial charge is 0.378 e. The van der Waals surface area contributed by atoms with Gasteiger partial charge in [0, 0.05) is 12.6 Å². The minimum absolute atomic E-state index is 0.321. The molecule has 2 rings (SSSR count). The molecule has 1 heterocycles. The van der Waals surface area contributed by atoms with E-state index < -0.39 is 0 Å². The number of ether oxygens (including phenoxy) is 1. The van der Waals surface area contributed by atoms with Crippen LogP contribution in [0.1, 0.15) is 32.1 Å². The highest BCUT2D eigenvalue weighted by Crippen LogP contribution is 2.26. The fourth-order valence-electron chi connectivity index (χ4n) is 2.09. The van der Waals surface area contributed by atoms with Gasteiger partial charge in [-0.15, -0.1) is 0 Å². The van der Waals surface area contributed by atoms with Crippen LogP contribution in [-0.2, 0) is 4.74 Å². The number of nitrogens with two attached hydrogens (primary N) is 1. The van der Waals surface area contributed by atoms with Gasteiger partial charge in [0.05, 0.1) is 6.10 Å². The van der Waals surface area contributed by atoms with Gasteiger partial charge in [0.2, 0.25) is 0 Å². The number of hydrogen-bond acceptors (Lipinski definition) is 2. The Morgan fingerprint density at radius 2 is 2.42 bits per heavy atom. The normalized spacial score (nSPS) is 35.6. The predicted octanol–water partition coefficient (Wildman–Crippen LogP) is 1.60. The fourth-order valence-corrected chi connectivity index (χ4v) is 2.09. The molecule has 1 aliphatic carbocycles. The van der Waals surface area contributed by atoms with Crippen LogP contribution in [0.15, 0.2) is 11.6 Å². The second kappa shape index (κ2) is 3.58. The van der Waals surface area contributed by atoms with Gasteiger partial charge < -0.3 is 10.5 Å². The molecule has 0 bridgehead atoms. The van der Waals surface area contributed by atoms with Crippen molar-refractivity contribution in [1.29, 1.82) is 0 Å². The van der Waals surface area contributed by atoms with E-state index in [1.807, 2.05) is 0 Å². The van der Waals surface area contributed by atoms with E-state index in [9.17, 15) is 0 Å². The van der Waals surface area contributed by atoms with Gasteiger partial charge in [0.25, 0.3) is 0 Å². The summed E-state index contributed by atoms with van der Waals surface area (Å²) >= 11 is 0. The zero-order valence-corrected chi connectivity index (χ0v) is 7.46. The van der Waals surface area contributed by atoms with Crippen molar-refractivity contribution in [3.05, 3.63) is 11.6 Å². The van der Waals surface area contributed by atoms with Crippen LogP contribution in [0.5, 0.6) is 0 Å². The Balaban J connectivity index is 1.82. The molecule has 1 aliphatic heterocycles. The Morgan fingerprint density at radius 1 is 1.50 bits per heavy atom. The van der Waals surface area contributed by atoms with E-state index in [4.69, 9.17) is 10.5 Å². The van der Waals surface area contributed by atoms with Crippen molar-refractivity contribution in [2.24, 2.45) is 5.73 Å². The first-order valence-electron chi connectivity index (χ1n) is 4.91. The second-order valence-electron chi connectivity index (χ2n) is 3.87. The molecule has 2 unspecified atom stereocenters. The molecule has 1 saturated heterocycles. The molecule has 1 fully saturated rings. The highest BCUT2D eigenvalue weighted by Gasteiger charge is 2.19. The summed E-state index contributed by atoms with van der Waals surface area (Å²) in [6.45, 7) is 0.962. The van der Waals surface area contributed by atoms with Crippen LogP contribution in [0.3, 0.4) is 0 Å². The van der Waals surface area contributed by atoms with E-state index in [0.717, 1.165) is 19.4 Å². The Labute approximate surface area is 73.8 Å². The summed E-state index contributed by atoms with van der Waals surface area (Å²) in [7, 11) is 0. The standard InChI is InChI=1S/C10H17NO/c11-9-4-3-8(6-9)7-10-2-1-5-12-10/h6,9-10H,1-5,7,11H2. The number of rotatable bonds is 2. The van der Waals surface area contributed by atoms with E-state index in [0.29, 0.717) is 12.1 Å². The quantitative estimate of drug-likeness (QED) is 0.634. The van der Waals surface area contributed by atoms with Crippen molar-refractivity contribution in [3.63, 3.8) is 0 Å². The van der Waals surface area contributed by atoms with Gasteiger partial charge in [-0.1, -0.05) is 11.6 Å². The molecule has 2 nitrogen and oxygen atoms in total. The summed E-state index contributed by atoms with van der Waals surface area (Å²) in [5, 5.41) is 0. The van der Waals surface area contributed by atoms with Crippen LogP contribution in [0.2, 0.25) is 0 Å². The molecule has 68 valence electrons. The van der Waals surface area contributed by atoms with E-state index in [2.05, 4.69) is 6.08 Å². The first-order valence-corrected chi connectivity index (χ1v) is 4.91. The van der Waals surface area contributed by atoms with Gasteiger partial charge in [-0.2, -0.15) is 0 Å². The minimum Gasteiger partial charge on any atom is -0.378 e. The van der Waals surface area contributed by atoms with Gasteiger partial charge in [0.1, 0.15) is 0 Å². The lowest BCUT2D eigenvalue weighted by atomic mass is 10.1. The predicted molar refractivity (Wildman–Crippen MR) is 48.9 cm³/mol. The summed E-state index contributed by atoms with van der Waals surface area (Å²) in [5.74, 6) is 0. The van der Waals surface area contributed by atoms with Crippen molar-refractivity contribution in [2.45, 2.75) is 44.2 Å². The molecular formula is C10H17NO. The van der Waals surface area contributed by atoms with Crippen LogP contribution < -0.4 is 5.73 Å². The van der Waals surface area contributed by atoms with Gasteiger partial charge in [0.15, 0.2) is 0 Å². The third-order valence-electron chi connectivity index (χ3n) is 2.76. The molecule has 2 atom stereocenters. The molecular weight excluding hydrogens is 150 g/mol. The lowest BCUT2D eigenvalue weighted by Crippen LogP contribution is -2.12. The third-order valence-corrected chi connectivity index (χ3v) is 2.76. The molecule has 0 spiro atoms. The first-order chi connectivity index (χ1) is 5.84. The maximum atomic E-state index is 5.78. The number of hydrogen-bond donors (Lipinski definition) is 1. The zero-order chi connectivity index (χ0) is 8.39. The molecule has 2 heteroatoms. The molecule has 2 N–H and O–H groups in total. The Morgan fingerprint density at radius 3 is 3.00 bits per heavy atom. The van der Waals surface area contributed by atoms with Crippen LogP contribution in [-0.4, -0.2) is 18.8 Å². The van der Waals surface area contributed by atoms with Crippen LogP contribution in [0.25, 0.3) is 0 Å². The average Bonchev–Trinajstić information content (AvgIpc) is 2.63. The summed E-state index contributed by atoms with van der Waals surface area (Å²) in [5.41, 5.74) is 7.30. The molecule has 2 aliphatic rings. The fraction of sp³-hybridized carbons (Fsp3) is 0.800. The average molecular weight is 167 g/mol. The summed E-state index contributed by atoms with van der Waals surface area (Å²) in [4.78, 5) is 0. The smallest absolute Gasteiger partial charge is 0.0613 e. The molecule has 0 radical (unpaired) electrons.